The molecule has 3 aromatic carbocycles. The summed E-state index contributed by atoms with van der Waals surface area (Å²) in [4.78, 5) is 12.8. The Kier molecular flexibility index (Phi) is 8.61. The van der Waals surface area contributed by atoms with Gasteiger partial charge in [0.25, 0.3) is 10.0 Å². The second-order valence-corrected chi connectivity index (χ2v) is 9.81. The third-order valence-corrected chi connectivity index (χ3v) is 7.54. The lowest BCUT2D eigenvalue weighted by Crippen LogP contribution is -2.41. The predicted octanol–water partition coefficient (Wildman–Crippen LogP) is 4.95. The lowest BCUT2D eigenvalue weighted by atomic mass is 10.1. The number of carbonyl (C=O) groups is 1. The Labute approximate surface area is 204 Å². The van der Waals surface area contributed by atoms with Crippen molar-refractivity contribution in [2.75, 3.05) is 24.5 Å². The molecule has 3 rings (SSSR count). The molecule has 174 valence electrons. The number of hydrogen-bond donors (Lipinski definition) is 1. The van der Waals surface area contributed by atoms with E-state index in [0.29, 0.717) is 19.4 Å². The molecular formula is C24H24Cl2N2O4S. The SMILES string of the molecule is COc1ccccc1CCCNC(=O)CN(c1cccc(Cl)c1Cl)S(=O)(=O)c1ccccc1. The first-order valence-corrected chi connectivity index (χ1v) is 12.4. The number of nitrogens with zero attached hydrogens (tertiary/aromatic N) is 1. The van der Waals surface area contributed by atoms with Crippen molar-refractivity contribution in [2.24, 2.45) is 0 Å². The molecule has 0 radical (unpaired) electrons. The van der Waals surface area contributed by atoms with Gasteiger partial charge in [-0.15, -0.1) is 0 Å². The molecule has 0 fully saturated rings. The molecule has 3 aromatic rings. The van der Waals surface area contributed by atoms with E-state index in [1.165, 1.54) is 18.2 Å². The van der Waals surface area contributed by atoms with Gasteiger partial charge in [-0.05, 0) is 48.7 Å². The second kappa shape index (κ2) is 11.4. The lowest BCUT2D eigenvalue weighted by molar-refractivity contribution is -0.119. The minimum atomic E-state index is -4.06. The van der Waals surface area contributed by atoms with Crippen molar-refractivity contribution in [1.29, 1.82) is 0 Å². The maximum Gasteiger partial charge on any atom is 0.264 e. The van der Waals surface area contributed by atoms with Gasteiger partial charge in [0.2, 0.25) is 5.91 Å². The molecule has 0 spiro atoms. The molecule has 0 bridgehead atoms. The Morgan fingerprint density at radius 1 is 0.970 bits per heavy atom. The summed E-state index contributed by atoms with van der Waals surface area (Å²) in [6.07, 6.45) is 1.37. The molecule has 0 aliphatic rings. The van der Waals surface area contributed by atoms with E-state index in [4.69, 9.17) is 27.9 Å². The van der Waals surface area contributed by atoms with Gasteiger partial charge < -0.3 is 10.1 Å². The molecule has 0 atom stereocenters. The van der Waals surface area contributed by atoms with Crippen molar-refractivity contribution in [3.05, 3.63) is 88.4 Å². The number of amides is 1. The predicted molar refractivity (Wildman–Crippen MR) is 132 cm³/mol. The van der Waals surface area contributed by atoms with Crippen LogP contribution in [-0.4, -0.2) is 34.5 Å². The average Bonchev–Trinajstić information content (AvgIpc) is 2.83. The van der Waals surface area contributed by atoms with E-state index < -0.39 is 22.5 Å². The van der Waals surface area contributed by atoms with Crippen LogP contribution in [0.25, 0.3) is 0 Å². The van der Waals surface area contributed by atoms with Gasteiger partial charge in [0.1, 0.15) is 12.3 Å². The molecule has 0 aromatic heterocycles. The summed E-state index contributed by atoms with van der Waals surface area (Å²) in [7, 11) is -2.44. The maximum atomic E-state index is 13.3. The van der Waals surface area contributed by atoms with Crippen LogP contribution in [0.4, 0.5) is 5.69 Å². The number of benzene rings is 3. The number of ether oxygens (including phenoxy) is 1. The largest absolute Gasteiger partial charge is 0.496 e. The molecule has 0 aliphatic carbocycles. The topological polar surface area (TPSA) is 75.7 Å². The van der Waals surface area contributed by atoms with Crippen molar-refractivity contribution in [3.63, 3.8) is 0 Å². The number of carbonyl (C=O) groups excluding carboxylic acids is 1. The number of nitrogens with one attached hydrogen (secondary N) is 1. The van der Waals surface area contributed by atoms with E-state index >= 15 is 0 Å². The molecular weight excluding hydrogens is 483 g/mol. The van der Waals surface area contributed by atoms with Crippen LogP contribution in [0.3, 0.4) is 0 Å². The third kappa shape index (κ3) is 6.19. The van der Waals surface area contributed by atoms with E-state index in [-0.39, 0.29) is 20.6 Å². The number of methoxy groups -OCH3 is 1. The zero-order valence-corrected chi connectivity index (χ0v) is 20.3. The van der Waals surface area contributed by atoms with Gasteiger partial charge in [-0.3, -0.25) is 9.10 Å². The fourth-order valence-corrected chi connectivity index (χ4v) is 5.21. The van der Waals surface area contributed by atoms with Crippen molar-refractivity contribution in [1.82, 2.24) is 5.32 Å². The summed E-state index contributed by atoms with van der Waals surface area (Å²) in [5.74, 6) is 0.338. The highest BCUT2D eigenvalue weighted by molar-refractivity contribution is 7.92. The van der Waals surface area contributed by atoms with Gasteiger partial charge in [-0.25, -0.2) is 8.42 Å². The van der Waals surface area contributed by atoms with E-state index in [1.54, 1.807) is 37.4 Å². The molecule has 0 heterocycles. The third-order valence-electron chi connectivity index (χ3n) is 4.96. The molecule has 0 unspecified atom stereocenters. The van der Waals surface area contributed by atoms with Crippen LogP contribution in [-0.2, 0) is 21.2 Å². The number of rotatable bonds is 10. The van der Waals surface area contributed by atoms with Crippen LogP contribution >= 0.6 is 23.2 Å². The Hall–Kier alpha value is -2.74. The summed E-state index contributed by atoms with van der Waals surface area (Å²) >= 11 is 12.4. The molecule has 33 heavy (non-hydrogen) atoms. The monoisotopic (exact) mass is 506 g/mol. The summed E-state index contributed by atoms with van der Waals surface area (Å²) in [6.45, 7) is -0.0642. The van der Waals surface area contributed by atoms with Crippen LogP contribution in [0, 0.1) is 0 Å². The number of halogens is 2. The highest BCUT2D eigenvalue weighted by atomic mass is 35.5. The van der Waals surface area contributed by atoms with E-state index in [0.717, 1.165) is 15.6 Å². The molecule has 1 amide bonds. The van der Waals surface area contributed by atoms with Gasteiger partial charge in [-0.2, -0.15) is 0 Å². The molecule has 0 aliphatic heterocycles. The Morgan fingerprint density at radius 2 is 1.67 bits per heavy atom. The smallest absolute Gasteiger partial charge is 0.264 e. The lowest BCUT2D eigenvalue weighted by Gasteiger charge is -2.25. The number of sulfonamides is 1. The molecule has 9 heteroatoms. The van der Waals surface area contributed by atoms with Crippen molar-refractivity contribution < 1.29 is 17.9 Å². The Bertz CT molecular complexity index is 1200. The Morgan fingerprint density at radius 3 is 2.39 bits per heavy atom. The molecule has 0 saturated heterocycles. The standard InChI is InChI=1S/C24H24Cl2N2O4S/c1-32-22-15-6-5-9-18(22)10-8-16-27-23(29)17-28(21-14-7-13-20(25)24(21)26)33(30,31)19-11-3-2-4-12-19/h2-7,9,11-15H,8,10,16-17H2,1H3,(H,27,29). The van der Waals surface area contributed by atoms with Crippen LogP contribution in [0.2, 0.25) is 10.0 Å². The van der Waals surface area contributed by atoms with E-state index in [1.807, 2.05) is 24.3 Å². The van der Waals surface area contributed by atoms with Crippen molar-refractivity contribution >= 4 is 44.8 Å². The minimum Gasteiger partial charge on any atom is -0.496 e. The number of aryl methyl sites for hydroxylation is 1. The first-order valence-electron chi connectivity index (χ1n) is 10.2. The minimum absolute atomic E-state index is 0.0463. The first kappa shape index (κ1) is 24.9. The van der Waals surface area contributed by atoms with E-state index in [9.17, 15) is 13.2 Å². The fourth-order valence-electron chi connectivity index (χ4n) is 3.31. The fraction of sp³-hybridized carbons (Fsp3) is 0.208. The van der Waals surface area contributed by atoms with Crippen LogP contribution in [0.5, 0.6) is 5.75 Å². The van der Waals surface area contributed by atoms with Gasteiger partial charge in [-0.1, -0.05) is 65.7 Å². The average molecular weight is 507 g/mol. The van der Waals surface area contributed by atoms with Crippen molar-refractivity contribution in [3.8, 4) is 5.75 Å². The highest BCUT2D eigenvalue weighted by Crippen LogP contribution is 2.35. The van der Waals surface area contributed by atoms with Crippen LogP contribution < -0.4 is 14.4 Å². The van der Waals surface area contributed by atoms with Crippen LogP contribution in [0.15, 0.2) is 77.7 Å². The zero-order valence-electron chi connectivity index (χ0n) is 18.0. The summed E-state index contributed by atoms with van der Waals surface area (Å²) in [5.41, 5.74) is 1.17. The van der Waals surface area contributed by atoms with Gasteiger partial charge >= 0.3 is 0 Å². The second-order valence-electron chi connectivity index (χ2n) is 7.16. The van der Waals surface area contributed by atoms with Gasteiger partial charge in [0.15, 0.2) is 0 Å². The summed E-state index contributed by atoms with van der Waals surface area (Å²) in [6, 6.07) is 20.2. The maximum absolute atomic E-state index is 13.3. The molecule has 1 N–H and O–H groups in total. The quantitative estimate of drug-likeness (QED) is 0.394. The normalized spacial score (nSPS) is 11.1. The zero-order chi connectivity index (χ0) is 23.8. The van der Waals surface area contributed by atoms with Gasteiger partial charge in [0.05, 0.1) is 27.7 Å². The van der Waals surface area contributed by atoms with Crippen LogP contribution in [0.1, 0.15) is 12.0 Å². The summed E-state index contributed by atoms with van der Waals surface area (Å²) < 4.78 is 33.0. The molecule has 6 nitrogen and oxygen atoms in total. The molecule has 0 saturated carbocycles. The summed E-state index contributed by atoms with van der Waals surface area (Å²) in [5, 5.41) is 3.04. The Balaban J connectivity index is 1.73. The van der Waals surface area contributed by atoms with Crippen molar-refractivity contribution in [2.45, 2.75) is 17.7 Å². The van der Waals surface area contributed by atoms with E-state index in [2.05, 4.69) is 5.32 Å². The van der Waals surface area contributed by atoms with Gasteiger partial charge in [0, 0.05) is 6.54 Å². The number of hydrogen-bond acceptors (Lipinski definition) is 4. The first-order chi connectivity index (χ1) is 15.8. The number of anilines is 1. The number of para-hydroxylation sites is 1. The highest BCUT2D eigenvalue weighted by Gasteiger charge is 2.29.